The van der Waals surface area contributed by atoms with Gasteiger partial charge < -0.3 is 10.0 Å². The van der Waals surface area contributed by atoms with Crippen molar-refractivity contribution in [3.05, 3.63) is 39.8 Å². The average Bonchev–Trinajstić information content (AvgIpc) is 3.17. The van der Waals surface area contributed by atoms with Crippen LogP contribution in [-0.2, 0) is 13.6 Å². The third-order valence-electron chi connectivity index (χ3n) is 3.99. The number of hydrogen-bond acceptors (Lipinski definition) is 5. The molecule has 0 atom stereocenters. The summed E-state index contributed by atoms with van der Waals surface area (Å²) in [4.78, 5) is 29.2. The van der Waals surface area contributed by atoms with E-state index in [0.717, 1.165) is 19.6 Å². The first-order valence-electron chi connectivity index (χ1n) is 7.35. The van der Waals surface area contributed by atoms with Crippen LogP contribution in [0.2, 0.25) is 0 Å². The Morgan fingerprint density at radius 1 is 1.30 bits per heavy atom. The number of aromatic nitrogens is 2. The molecule has 1 N–H and O–H groups in total. The van der Waals surface area contributed by atoms with Crippen molar-refractivity contribution in [2.45, 2.75) is 6.54 Å². The number of aromatic carboxylic acids is 1. The fraction of sp³-hybridized carbons (Fsp3) is 0.400. The predicted molar refractivity (Wildman–Crippen MR) is 85.7 cm³/mol. The van der Waals surface area contributed by atoms with Crippen LogP contribution < -0.4 is 0 Å². The van der Waals surface area contributed by atoms with E-state index in [2.05, 4.69) is 21.4 Å². The van der Waals surface area contributed by atoms with Gasteiger partial charge in [0.05, 0.1) is 6.20 Å². The molecule has 0 unspecified atom stereocenters. The second-order valence-corrected chi connectivity index (χ2v) is 6.52. The normalized spacial score (nSPS) is 15.8. The van der Waals surface area contributed by atoms with Gasteiger partial charge in [0.2, 0.25) is 0 Å². The number of rotatable bonds is 4. The fourth-order valence-corrected chi connectivity index (χ4v) is 3.48. The van der Waals surface area contributed by atoms with Crippen LogP contribution in [0.1, 0.15) is 25.7 Å². The van der Waals surface area contributed by atoms with Crippen molar-refractivity contribution in [2.24, 2.45) is 7.05 Å². The van der Waals surface area contributed by atoms with E-state index in [0.29, 0.717) is 13.1 Å². The maximum absolute atomic E-state index is 12.6. The molecule has 8 heteroatoms. The Labute approximate surface area is 137 Å². The van der Waals surface area contributed by atoms with E-state index in [9.17, 15) is 14.7 Å². The highest BCUT2D eigenvalue weighted by molar-refractivity contribution is 7.09. The Balaban J connectivity index is 1.64. The van der Waals surface area contributed by atoms with E-state index >= 15 is 0 Å². The van der Waals surface area contributed by atoms with Crippen LogP contribution in [-0.4, -0.2) is 62.7 Å². The zero-order valence-electron chi connectivity index (χ0n) is 12.8. The fourth-order valence-electron chi connectivity index (χ4n) is 2.73. The van der Waals surface area contributed by atoms with Gasteiger partial charge in [-0.25, -0.2) is 4.79 Å². The number of hydrogen-bond donors (Lipinski definition) is 1. The molecule has 0 bridgehead atoms. The smallest absolute Gasteiger partial charge is 0.339 e. The average molecular weight is 334 g/mol. The minimum absolute atomic E-state index is 0.0430. The zero-order chi connectivity index (χ0) is 16.4. The maximum atomic E-state index is 12.6. The summed E-state index contributed by atoms with van der Waals surface area (Å²) >= 11 is 1.73. The molecule has 3 rings (SSSR count). The van der Waals surface area contributed by atoms with Gasteiger partial charge in [0.1, 0.15) is 11.3 Å². The van der Waals surface area contributed by atoms with Crippen molar-refractivity contribution in [3.8, 4) is 0 Å². The first-order chi connectivity index (χ1) is 11.1. The van der Waals surface area contributed by atoms with Crippen LogP contribution in [0.15, 0.2) is 23.7 Å². The molecule has 122 valence electrons. The highest BCUT2D eigenvalue weighted by atomic mass is 32.1. The number of amides is 1. The predicted octanol–water partition coefficient (Wildman–Crippen LogP) is 1.14. The summed E-state index contributed by atoms with van der Waals surface area (Å²) in [6.45, 7) is 3.64. The minimum atomic E-state index is -1.13. The molecule has 2 aromatic heterocycles. The SMILES string of the molecule is Cn1ncc(C(=O)O)c1C(=O)N1CCN(Cc2cccs2)CC1. The van der Waals surface area contributed by atoms with E-state index in [1.807, 2.05) is 6.07 Å². The first-order valence-corrected chi connectivity index (χ1v) is 8.23. The second-order valence-electron chi connectivity index (χ2n) is 5.48. The summed E-state index contributed by atoms with van der Waals surface area (Å²) in [5.74, 6) is -1.39. The molecule has 7 nitrogen and oxygen atoms in total. The number of carbonyl (C=O) groups is 2. The van der Waals surface area contributed by atoms with Crippen molar-refractivity contribution >= 4 is 23.2 Å². The van der Waals surface area contributed by atoms with Crippen molar-refractivity contribution in [1.29, 1.82) is 0 Å². The molecule has 1 saturated heterocycles. The van der Waals surface area contributed by atoms with Gasteiger partial charge in [-0.05, 0) is 11.4 Å². The third kappa shape index (κ3) is 3.27. The van der Waals surface area contributed by atoms with Gasteiger partial charge in [0.15, 0.2) is 0 Å². The summed E-state index contributed by atoms with van der Waals surface area (Å²) in [6, 6.07) is 4.15. The number of piperazine rings is 1. The van der Waals surface area contributed by atoms with Crippen LogP contribution in [0, 0.1) is 0 Å². The Bertz CT molecular complexity index is 702. The lowest BCUT2D eigenvalue weighted by Crippen LogP contribution is -2.48. The Morgan fingerprint density at radius 3 is 2.65 bits per heavy atom. The summed E-state index contributed by atoms with van der Waals surface area (Å²) in [5, 5.41) is 15.1. The lowest BCUT2D eigenvalue weighted by molar-refractivity contribution is 0.0600. The van der Waals surface area contributed by atoms with E-state index in [-0.39, 0.29) is 17.2 Å². The number of nitrogens with zero attached hydrogens (tertiary/aromatic N) is 4. The minimum Gasteiger partial charge on any atom is -0.478 e. The lowest BCUT2D eigenvalue weighted by atomic mass is 10.2. The monoisotopic (exact) mass is 334 g/mol. The Kier molecular flexibility index (Phi) is 4.44. The zero-order valence-corrected chi connectivity index (χ0v) is 13.6. The maximum Gasteiger partial charge on any atom is 0.339 e. The molecule has 1 aliphatic heterocycles. The molecule has 0 saturated carbocycles. The largest absolute Gasteiger partial charge is 0.478 e. The van der Waals surface area contributed by atoms with Crippen LogP contribution in [0.4, 0.5) is 0 Å². The van der Waals surface area contributed by atoms with E-state index in [4.69, 9.17) is 0 Å². The molecule has 1 fully saturated rings. The van der Waals surface area contributed by atoms with Crippen molar-refractivity contribution < 1.29 is 14.7 Å². The van der Waals surface area contributed by atoms with Gasteiger partial charge in [0.25, 0.3) is 5.91 Å². The van der Waals surface area contributed by atoms with Gasteiger partial charge in [-0.15, -0.1) is 11.3 Å². The molecule has 2 aromatic rings. The third-order valence-corrected chi connectivity index (χ3v) is 4.85. The second kappa shape index (κ2) is 6.51. The molecule has 0 aromatic carbocycles. The molecule has 0 spiro atoms. The van der Waals surface area contributed by atoms with Crippen LogP contribution in [0.25, 0.3) is 0 Å². The van der Waals surface area contributed by atoms with Crippen molar-refractivity contribution in [2.75, 3.05) is 26.2 Å². The summed E-state index contributed by atoms with van der Waals surface area (Å²) < 4.78 is 1.34. The van der Waals surface area contributed by atoms with Gasteiger partial charge in [-0.2, -0.15) is 5.10 Å². The number of aryl methyl sites for hydroxylation is 1. The van der Waals surface area contributed by atoms with E-state index in [1.165, 1.54) is 15.8 Å². The molecule has 1 aliphatic rings. The Hall–Kier alpha value is -2.19. The lowest BCUT2D eigenvalue weighted by Gasteiger charge is -2.34. The molecule has 1 amide bonds. The molecule has 23 heavy (non-hydrogen) atoms. The topological polar surface area (TPSA) is 78.7 Å². The molecule has 3 heterocycles. The van der Waals surface area contributed by atoms with Crippen molar-refractivity contribution in [3.63, 3.8) is 0 Å². The summed E-state index contributed by atoms with van der Waals surface area (Å²) in [5.41, 5.74) is 0.0997. The van der Waals surface area contributed by atoms with Gasteiger partial charge in [-0.3, -0.25) is 14.4 Å². The number of carboxylic acid groups (broad SMARTS) is 1. The van der Waals surface area contributed by atoms with E-state index in [1.54, 1.807) is 23.3 Å². The summed E-state index contributed by atoms with van der Waals surface area (Å²) in [6.07, 6.45) is 1.22. The number of carbonyl (C=O) groups excluding carboxylic acids is 1. The van der Waals surface area contributed by atoms with Gasteiger partial charge in [-0.1, -0.05) is 6.07 Å². The molecular formula is C15H18N4O3S. The van der Waals surface area contributed by atoms with Crippen LogP contribution in [0.3, 0.4) is 0 Å². The summed E-state index contributed by atoms with van der Waals surface area (Å²) in [7, 11) is 1.59. The number of carboxylic acids is 1. The van der Waals surface area contributed by atoms with Crippen LogP contribution >= 0.6 is 11.3 Å². The van der Waals surface area contributed by atoms with Crippen molar-refractivity contribution in [1.82, 2.24) is 19.6 Å². The molecule has 0 aliphatic carbocycles. The van der Waals surface area contributed by atoms with Gasteiger partial charge >= 0.3 is 5.97 Å². The number of thiophene rings is 1. The van der Waals surface area contributed by atoms with Gasteiger partial charge in [0, 0.05) is 44.6 Å². The van der Waals surface area contributed by atoms with Crippen LogP contribution in [0.5, 0.6) is 0 Å². The van der Waals surface area contributed by atoms with E-state index < -0.39 is 5.97 Å². The standard InChI is InChI=1S/C15H18N4O3S/c1-17-13(12(9-16-17)15(21)22)14(20)19-6-4-18(5-7-19)10-11-3-2-8-23-11/h2-3,8-9H,4-7,10H2,1H3,(H,21,22). The first kappa shape index (κ1) is 15.7. The highest BCUT2D eigenvalue weighted by Gasteiger charge is 2.28. The highest BCUT2D eigenvalue weighted by Crippen LogP contribution is 2.16. The Morgan fingerprint density at radius 2 is 2.04 bits per heavy atom. The molecular weight excluding hydrogens is 316 g/mol. The molecule has 0 radical (unpaired) electrons. The quantitative estimate of drug-likeness (QED) is 0.907.